The fourth-order valence-electron chi connectivity index (χ4n) is 3.47. The van der Waals surface area contributed by atoms with E-state index in [9.17, 15) is 14.4 Å². The quantitative estimate of drug-likeness (QED) is 0.0942. The fourth-order valence-corrected chi connectivity index (χ4v) is 4.28. The molecule has 0 saturated carbocycles. The molecule has 4 rings (SSSR count). The number of fused-ring (bicyclic) bond motifs is 1. The van der Waals surface area contributed by atoms with Gasteiger partial charge in [-0.25, -0.2) is 10.4 Å². The maximum absolute atomic E-state index is 13.3. The minimum absolute atomic E-state index is 0.0108. The smallest absolute Gasteiger partial charge is 0.308 e. The summed E-state index contributed by atoms with van der Waals surface area (Å²) in [5, 5.41) is 5.02. The first-order chi connectivity index (χ1) is 17.9. The summed E-state index contributed by atoms with van der Waals surface area (Å²) in [6.45, 7) is 3.08. The molecule has 0 aliphatic heterocycles. The lowest BCUT2D eigenvalue weighted by Gasteiger charge is -2.13. The monoisotopic (exact) mass is 516 g/mol. The van der Waals surface area contributed by atoms with E-state index in [-0.39, 0.29) is 17.2 Å². The Bertz CT molecular complexity index is 1530. The summed E-state index contributed by atoms with van der Waals surface area (Å²) in [4.78, 5) is 41.6. The highest BCUT2D eigenvalue weighted by Gasteiger charge is 2.15. The molecule has 1 aromatic heterocycles. The molecule has 1 amide bonds. The Labute approximate surface area is 217 Å². The number of hydrazone groups is 1. The summed E-state index contributed by atoms with van der Waals surface area (Å²) in [5.41, 5.74) is 4.79. The van der Waals surface area contributed by atoms with Gasteiger partial charge >= 0.3 is 5.97 Å². The maximum atomic E-state index is 13.3. The average molecular weight is 517 g/mol. The van der Waals surface area contributed by atoms with E-state index in [4.69, 9.17) is 9.47 Å². The van der Waals surface area contributed by atoms with Gasteiger partial charge in [0.05, 0.1) is 35.2 Å². The number of amides is 1. The highest BCUT2D eigenvalue weighted by atomic mass is 32.2. The Kier molecular flexibility index (Phi) is 7.99. The lowest BCUT2D eigenvalue weighted by atomic mass is 10.1. The van der Waals surface area contributed by atoms with Crippen molar-refractivity contribution >= 4 is 40.3 Å². The van der Waals surface area contributed by atoms with Crippen molar-refractivity contribution in [2.24, 2.45) is 5.10 Å². The van der Waals surface area contributed by atoms with Gasteiger partial charge in [0.2, 0.25) is 0 Å². The summed E-state index contributed by atoms with van der Waals surface area (Å²) in [6, 6.07) is 20.9. The Balaban J connectivity index is 1.52. The van der Waals surface area contributed by atoms with Crippen LogP contribution in [0.15, 0.2) is 87.8 Å². The molecular weight excluding hydrogens is 492 g/mol. The van der Waals surface area contributed by atoms with Crippen molar-refractivity contribution in [3.05, 3.63) is 88.7 Å². The normalized spacial score (nSPS) is 11.3. The standard InChI is InChI=1S/C27H24N4O5S/c1-17(19-8-12-22(13-9-19)36-18(2)32)29-30-25(33)16-37-27-28-24-7-5-4-6-23(24)26(34)31(27)20-10-14-21(35-3)15-11-20/h4-15H,16H2,1-3H3,(H,30,33)/b29-17-. The second kappa shape index (κ2) is 11.5. The van der Waals surface area contributed by atoms with Crippen LogP contribution in [-0.4, -0.2) is 40.0 Å². The van der Waals surface area contributed by atoms with Crippen molar-refractivity contribution in [1.29, 1.82) is 0 Å². The third-order valence-corrected chi connectivity index (χ3v) is 6.23. The number of hydrogen-bond donors (Lipinski definition) is 1. The van der Waals surface area contributed by atoms with E-state index in [0.717, 1.165) is 17.3 Å². The average Bonchev–Trinajstić information content (AvgIpc) is 2.91. The number of rotatable bonds is 8. The second-order valence-corrected chi connectivity index (χ2v) is 8.83. The van der Waals surface area contributed by atoms with E-state index < -0.39 is 5.97 Å². The van der Waals surface area contributed by atoms with Crippen LogP contribution < -0.4 is 20.5 Å². The molecule has 37 heavy (non-hydrogen) atoms. The van der Waals surface area contributed by atoms with Crippen LogP contribution >= 0.6 is 11.8 Å². The van der Waals surface area contributed by atoms with Crippen molar-refractivity contribution in [2.45, 2.75) is 19.0 Å². The number of benzene rings is 3. The van der Waals surface area contributed by atoms with E-state index >= 15 is 0 Å². The number of aromatic nitrogens is 2. The molecule has 1 heterocycles. The summed E-state index contributed by atoms with van der Waals surface area (Å²) >= 11 is 1.13. The zero-order chi connectivity index (χ0) is 26.4. The number of ether oxygens (including phenoxy) is 2. The molecule has 0 fully saturated rings. The lowest BCUT2D eigenvalue weighted by Crippen LogP contribution is -2.24. The predicted octanol–water partition coefficient (Wildman–Crippen LogP) is 3.95. The molecule has 0 aliphatic carbocycles. The van der Waals surface area contributed by atoms with Crippen molar-refractivity contribution in [2.75, 3.05) is 12.9 Å². The molecule has 0 radical (unpaired) electrons. The molecular formula is C27H24N4O5S. The van der Waals surface area contributed by atoms with Gasteiger partial charge in [0, 0.05) is 6.92 Å². The first kappa shape index (κ1) is 25.6. The number of nitrogens with one attached hydrogen (secondary N) is 1. The zero-order valence-corrected chi connectivity index (χ0v) is 21.2. The van der Waals surface area contributed by atoms with Crippen LogP contribution in [0.3, 0.4) is 0 Å². The molecule has 0 spiro atoms. The van der Waals surface area contributed by atoms with Crippen molar-refractivity contribution in [1.82, 2.24) is 15.0 Å². The summed E-state index contributed by atoms with van der Waals surface area (Å²) in [6.07, 6.45) is 0. The molecule has 10 heteroatoms. The highest BCUT2D eigenvalue weighted by molar-refractivity contribution is 7.99. The lowest BCUT2D eigenvalue weighted by molar-refractivity contribution is -0.131. The van der Waals surface area contributed by atoms with Crippen LogP contribution in [0.4, 0.5) is 0 Å². The van der Waals surface area contributed by atoms with Crippen LogP contribution in [0.5, 0.6) is 11.5 Å². The van der Waals surface area contributed by atoms with Crippen LogP contribution in [0.25, 0.3) is 16.6 Å². The van der Waals surface area contributed by atoms with Gasteiger partial charge in [-0.1, -0.05) is 23.9 Å². The Hall–Kier alpha value is -4.44. The molecule has 0 unspecified atom stereocenters. The Morgan fingerprint density at radius 3 is 2.32 bits per heavy atom. The maximum Gasteiger partial charge on any atom is 0.308 e. The molecule has 3 aromatic carbocycles. The minimum Gasteiger partial charge on any atom is -0.497 e. The van der Waals surface area contributed by atoms with Gasteiger partial charge in [0.15, 0.2) is 5.16 Å². The zero-order valence-electron chi connectivity index (χ0n) is 20.4. The van der Waals surface area contributed by atoms with Crippen molar-refractivity contribution < 1.29 is 19.1 Å². The summed E-state index contributed by atoms with van der Waals surface area (Å²) in [5.74, 6) is 0.317. The first-order valence-electron chi connectivity index (χ1n) is 11.3. The molecule has 0 bridgehead atoms. The van der Waals surface area contributed by atoms with E-state index in [0.29, 0.717) is 39.0 Å². The van der Waals surface area contributed by atoms with Gasteiger partial charge in [0.25, 0.3) is 11.5 Å². The van der Waals surface area contributed by atoms with E-state index in [1.54, 1.807) is 80.8 Å². The van der Waals surface area contributed by atoms with Crippen LogP contribution in [0.1, 0.15) is 19.4 Å². The Morgan fingerprint density at radius 1 is 0.973 bits per heavy atom. The number of carbonyl (C=O) groups is 2. The number of nitrogens with zero attached hydrogens (tertiary/aromatic N) is 3. The molecule has 4 aromatic rings. The summed E-state index contributed by atoms with van der Waals surface area (Å²) < 4.78 is 11.7. The Morgan fingerprint density at radius 2 is 1.65 bits per heavy atom. The summed E-state index contributed by atoms with van der Waals surface area (Å²) in [7, 11) is 1.57. The van der Waals surface area contributed by atoms with Gasteiger partial charge in [-0.15, -0.1) is 0 Å². The highest BCUT2D eigenvalue weighted by Crippen LogP contribution is 2.23. The van der Waals surface area contributed by atoms with Gasteiger partial charge in [-0.3, -0.25) is 19.0 Å². The fraction of sp³-hybridized carbons (Fsp3) is 0.148. The van der Waals surface area contributed by atoms with Crippen molar-refractivity contribution in [3.63, 3.8) is 0 Å². The number of methoxy groups -OCH3 is 1. The molecule has 0 atom stereocenters. The van der Waals surface area contributed by atoms with Gasteiger partial charge in [0.1, 0.15) is 11.5 Å². The van der Waals surface area contributed by atoms with Gasteiger partial charge in [-0.2, -0.15) is 5.10 Å². The molecule has 0 aliphatic rings. The third kappa shape index (κ3) is 6.22. The number of carbonyl (C=O) groups excluding carboxylic acids is 2. The molecule has 9 nitrogen and oxygen atoms in total. The van der Waals surface area contributed by atoms with Crippen LogP contribution in [-0.2, 0) is 9.59 Å². The van der Waals surface area contributed by atoms with Crippen LogP contribution in [0.2, 0.25) is 0 Å². The topological polar surface area (TPSA) is 112 Å². The number of esters is 1. The number of hydrogen-bond acceptors (Lipinski definition) is 8. The number of para-hydroxylation sites is 1. The van der Waals surface area contributed by atoms with E-state index in [1.165, 1.54) is 11.5 Å². The SMILES string of the molecule is COc1ccc(-n2c(SCC(=O)N/N=C(/C)c3ccc(OC(C)=O)cc3)nc3ccccc3c2=O)cc1. The van der Waals surface area contributed by atoms with E-state index in [2.05, 4.69) is 15.5 Å². The second-order valence-electron chi connectivity index (χ2n) is 7.89. The number of thioether (sulfide) groups is 1. The molecule has 1 N–H and O–H groups in total. The van der Waals surface area contributed by atoms with Gasteiger partial charge in [-0.05, 0) is 73.2 Å². The predicted molar refractivity (Wildman–Crippen MR) is 143 cm³/mol. The van der Waals surface area contributed by atoms with E-state index in [1.807, 2.05) is 6.07 Å². The molecule has 0 saturated heterocycles. The third-order valence-electron chi connectivity index (χ3n) is 5.29. The largest absolute Gasteiger partial charge is 0.497 e. The van der Waals surface area contributed by atoms with Crippen molar-refractivity contribution in [3.8, 4) is 17.2 Å². The minimum atomic E-state index is -0.402. The van der Waals surface area contributed by atoms with Gasteiger partial charge < -0.3 is 9.47 Å². The van der Waals surface area contributed by atoms with Crippen LogP contribution in [0, 0.1) is 0 Å². The molecule has 188 valence electrons. The first-order valence-corrected chi connectivity index (χ1v) is 12.3.